The van der Waals surface area contributed by atoms with E-state index in [1.54, 1.807) is 30.3 Å². The van der Waals surface area contributed by atoms with Crippen molar-refractivity contribution in [3.05, 3.63) is 75.9 Å². The summed E-state index contributed by atoms with van der Waals surface area (Å²) in [7, 11) is 1.40. The molecule has 0 aliphatic carbocycles. The van der Waals surface area contributed by atoms with Crippen LogP contribution in [0.2, 0.25) is 10.3 Å². The minimum atomic E-state index is -0.826. The first kappa shape index (κ1) is 22.0. The molecule has 1 heterocycles. The molecular formula is C21H13Cl2FN4O3. The van der Waals surface area contributed by atoms with E-state index in [-0.39, 0.29) is 22.4 Å². The Morgan fingerprint density at radius 1 is 1.19 bits per heavy atom. The zero-order chi connectivity index (χ0) is 22.4. The summed E-state index contributed by atoms with van der Waals surface area (Å²) >= 11 is 11.5. The highest BCUT2D eigenvalue weighted by atomic mass is 35.5. The van der Waals surface area contributed by atoms with Crippen LogP contribution in [-0.4, -0.2) is 23.0 Å². The Labute approximate surface area is 186 Å². The molecule has 1 aromatic heterocycles. The number of nitriles is 1. The van der Waals surface area contributed by atoms with Crippen molar-refractivity contribution in [2.45, 2.75) is 0 Å². The lowest BCUT2D eigenvalue weighted by molar-refractivity contribution is -0.112. The van der Waals surface area contributed by atoms with E-state index in [0.717, 1.165) is 6.20 Å². The van der Waals surface area contributed by atoms with Crippen LogP contribution in [0, 0.1) is 17.1 Å². The molecule has 0 atom stereocenters. The van der Waals surface area contributed by atoms with Gasteiger partial charge in [0.25, 0.3) is 11.8 Å². The lowest BCUT2D eigenvalue weighted by Crippen LogP contribution is -2.13. The third-order valence-corrected chi connectivity index (χ3v) is 4.29. The number of rotatable bonds is 6. The van der Waals surface area contributed by atoms with Crippen LogP contribution >= 0.6 is 23.2 Å². The fourth-order valence-electron chi connectivity index (χ4n) is 2.42. The molecule has 7 nitrogen and oxygen atoms in total. The number of hydrogen-bond donors (Lipinski definition) is 1. The van der Waals surface area contributed by atoms with Crippen LogP contribution in [0.3, 0.4) is 0 Å². The molecule has 3 rings (SSSR count). The number of benzene rings is 2. The van der Waals surface area contributed by atoms with Gasteiger partial charge in [0.15, 0.2) is 11.5 Å². The minimum Gasteiger partial charge on any atom is -0.493 e. The quantitative estimate of drug-likeness (QED) is 0.307. The number of carbonyl (C=O) groups is 1. The largest absolute Gasteiger partial charge is 0.493 e. The van der Waals surface area contributed by atoms with Crippen LogP contribution in [0.1, 0.15) is 5.56 Å². The lowest BCUT2D eigenvalue weighted by Gasteiger charge is -2.11. The number of hydrogen-bond acceptors (Lipinski definition) is 6. The monoisotopic (exact) mass is 458 g/mol. The molecule has 1 N–H and O–H groups in total. The molecule has 0 fully saturated rings. The van der Waals surface area contributed by atoms with Gasteiger partial charge < -0.3 is 14.8 Å². The Hall–Kier alpha value is -3.67. The summed E-state index contributed by atoms with van der Waals surface area (Å²) in [6.07, 6.45) is 2.22. The van der Waals surface area contributed by atoms with E-state index in [1.165, 1.54) is 25.3 Å². The van der Waals surface area contributed by atoms with Crippen LogP contribution in [0.25, 0.3) is 6.08 Å². The number of methoxy groups -OCH3 is 1. The summed E-state index contributed by atoms with van der Waals surface area (Å²) < 4.78 is 24.6. The van der Waals surface area contributed by atoms with Gasteiger partial charge in [0.2, 0.25) is 11.1 Å². The molecule has 0 unspecified atom stereocenters. The van der Waals surface area contributed by atoms with Crippen molar-refractivity contribution in [2.75, 3.05) is 12.4 Å². The van der Waals surface area contributed by atoms with Gasteiger partial charge in [0.1, 0.15) is 11.6 Å². The molecule has 1 amide bonds. The van der Waals surface area contributed by atoms with Crippen LogP contribution in [0.4, 0.5) is 10.1 Å². The second kappa shape index (κ2) is 9.89. The number of ether oxygens (including phenoxy) is 2. The summed E-state index contributed by atoms with van der Waals surface area (Å²) in [5.74, 6) is -1.47. The number of nitrogens with one attached hydrogen (secondary N) is 1. The van der Waals surface area contributed by atoms with Gasteiger partial charge in [-0.05, 0) is 59.6 Å². The first-order chi connectivity index (χ1) is 14.9. The molecule has 10 heteroatoms. The summed E-state index contributed by atoms with van der Waals surface area (Å²) in [5, 5.41) is 12.3. The average Bonchev–Trinajstić information content (AvgIpc) is 2.76. The number of carbonyl (C=O) groups excluding carboxylic acids is 1. The van der Waals surface area contributed by atoms with Crippen molar-refractivity contribution in [2.24, 2.45) is 0 Å². The summed E-state index contributed by atoms with van der Waals surface area (Å²) in [5.41, 5.74) is 0.743. The first-order valence-electron chi connectivity index (χ1n) is 8.62. The van der Waals surface area contributed by atoms with Gasteiger partial charge in [-0.2, -0.15) is 14.6 Å². The second-order valence-electron chi connectivity index (χ2n) is 5.94. The Balaban J connectivity index is 1.88. The molecule has 3 aromatic rings. The zero-order valence-electron chi connectivity index (χ0n) is 15.9. The fraction of sp³-hybridized carbons (Fsp3) is 0.0476. The van der Waals surface area contributed by atoms with E-state index >= 15 is 0 Å². The standard InChI is InChI=1S/C21H13Cl2FN4O3/c1-30-17-7-2-12(9-18(17)31-20-16(24)11-26-21(23)28-20)8-13(10-25)19(29)27-15-5-3-14(22)4-6-15/h2-9,11H,1H3,(H,27,29)/b13-8+. The molecule has 0 bridgehead atoms. The summed E-state index contributed by atoms with van der Waals surface area (Å²) in [6, 6.07) is 12.9. The first-order valence-corrected chi connectivity index (χ1v) is 9.38. The van der Waals surface area contributed by atoms with Crippen molar-refractivity contribution in [3.63, 3.8) is 0 Å². The molecule has 0 aliphatic rings. The Bertz CT molecular complexity index is 1190. The normalized spacial score (nSPS) is 10.9. The van der Waals surface area contributed by atoms with Crippen molar-refractivity contribution in [1.29, 1.82) is 5.26 Å². The second-order valence-corrected chi connectivity index (χ2v) is 6.71. The van der Waals surface area contributed by atoms with E-state index in [4.69, 9.17) is 32.7 Å². The van der Waals surface area contributed by atoms with Gasteiger partial charge in [0.05, 0.1) is 13.3 Å². The van der Waals surface area contributed by atoms with Crippen molar-refractivity contribution < 1.29 is 18.7 Å². The van der Waals surface area contributed by atoms with Gasteiger partial charge in [-0.1, -0.05) is 17.7 Å². The number of nitrogens with zero attached hydrogens (tertiary/aromatic N) is 3. The molecule has 156 valence electrons. The predicted molar refractivity (Wildman–Crippen MR) is 114 cm³/mol. The van der Waals surface area contributed by atoms with Gasteiger partial charge in [-0.25, -0.2) is 4.98 Å². The maximum Gasteiger partial charge on any atom is 0.266 e. The molecule has 2 aromatic carbocycles. The third-order valence-electron chi connectivity index (χ3n) is 3.86. The number of amides is 1. The Morgan fingerprint density at radius 3 is 2.61 bits per heavy atom. The van der Waals surface area contributed by atoms with Crippen molar-refractivity contribution in [3.8, 4) is 23.4 Å². The third kappa shape index (κ3) is 5.69. The van der Waals surface area contributed by atoms with Gasteiger partial charge in [-0.3, -0.25) is 4.79 Å². The smallest absolute Gasteiger partial charge is 0.266 e. The molecular weight excluding hydrogens is 446 g/mol. The average molecular weight is 459 g/mol. The highest BCUT2D eigenvalue weighted by Crippen LogP contribution is 2.33. The minimum absolute atomic E-state index is 0.0975. The maximum atomic E-state index is 13.9. The summed E-state index contributed by atoms with van der Waals surface area (Å²) in [6.45, 7) is 0. The predicted octanol–water partition coefficient (Wildman–Crippen LogP) is 5.27. The van der Waals surface area contributed by atoms with Crippen molar-refractivity contribution >= 4 is 40.9 Å². The Morgan fingerprint density at radius 2 is 1.94 bits per heavy atom. The van der Waals surface area contributed by atoms with E-state index in [2.05, 4.69) is 15.3 Å². The highest BCUT2D eigenvalue weighted by Gasteiger charge is 2.14. The van der Waals surface area contributed by atoms with E-state index in [0.29, 0.717) is 16.3 Å². The molecule has 0 radical (unpaired) electrons. The molecule has 0 saturated carbocycles. The van der Waals surface area contributed by atoms with E-state index in [9.17, 15) is 14.4 Å². The van der Waals surface area contributed by atoms with Crippen LogP contribution in [0.15, 0.2) is 54.2 Å². The van der Waals surface area contributed by atoms with Crippen LogP contribution < -0.4 is 14.8 Å². The lowest BCUT2D eigenvalue weighted by atomic mass is 10.1. The summed E-state index contributed by atoms with van der Waals surface area (Å²) in [4.78, 5) is 19.7. The molecule has 0 saturated heterocycles. The number of halogens is 3. The van der Waals surface area contributed by atoms with Gasteiger partial charge in [0, 0.05) is 10.7 Å². The van der Waals surface area contributed by atoms with Crippen molar-refractivity contribution in [1.82, 2.24) is 9.97 Å². The molecule has 0 aliphatic heterocycles. The van der Waals surface area contributed by atoms with Crippen LogP contribution in [-0.2, 0) is 4.79 Å². The topological polar surface area (TPSA) is 97.1 Å². The zero-order valence-corrected chi connectivity index (χ0v) is 17.4. The molecule has 31 heavy (non-hydrogen) atoms. The number of anilines is 1. The fourth-order valence-corrected chi connectivity index (χ4v) is 2.67. The van der Waals surface area contributed by atoms with Gasteiger partial charge >= 0.3 is 0 Å². The Kier molecular flexibility index (Phi) is 7.03. The maximum absolute atomic E-state index is 13.9. The number of aromatic nitrogens is 2. The molecule has 0 spiro atoms. The van der Waals surface area contributed by atoms with Gasteiger partial charge in [-0.15, -0.1) is 0 Å². The van der Waals surface area contributed by atoms with Crippen LogP contribution in [0.5, 0.6) is 17.4 Å². The highest BCUT2D eigenvalue weighted by molar-refractivity contribution is 6.30. The van der Waals surface area contributed by atoms with E-state index < -0.39 is 17.6 Å². The SMILES string of the molecule is COc1ccc(/C=C(\C#N)C(=O)Nc2ccc(Cl)cc2)cc1Oc1nc(Cl)ncc1F. The van der Waals surface area contributed by atoms with E-state index in [1.807, 2.05) is 6.07 Å².